The monoisotopic (exact) mass is 181 g/mol. The van der Waals surface area contributed by atoms with Gasteiger partial charge in [0.25, 0.3) is 0 Å². The molecule has 2 rings (SSSR count). The second-order valence-corrected chi connectivity index (χ2v) is 4.09. The van der Waals surface area contributed by atoms with Gasteiger partial charge in [0, 0.05) is 25.7 Å². The van der Waals surface area contributed by atoms with Crippen molar-refractivity contribution in [1.82, 2.24) is 9.78 Å². The molecule has 1 aromatic heterocycles. The van der Waals surface area contributed by atoms with Gasteiger partial charge in [0.15, 0.2) is 0 Å². The molecular weight excluding hydrogens is 166 g/mol. The second-order valence-electron chi connectivity index (χ2n) is 4.09. The van der Waals surface area contributed by atoms with Crippen LogP contribution in [0.2, 0.25) is 0 Å². The zero-order chi connectivity index (χ0) is 9.47. The maximum Gasteiger partial charge on any atom is 0.0718 e. The Bertz CT molecular complexity index is 302. The predicted octanol–water partition coefficient (Wildman–Crippen LogP) is -0.185. The highest BCUT2D eigenvalue weighted by molar-refractivity contribution is 5.12. The number of aliphatic hydroxyl groups is 1. The van der Waals surface area contributed by atoms with Crippen LogP contribution < -0.4 is 5.73 Å². The number of aromatic nitrogens is 2. The van der Waals surface area contributed by atoms with Gasteiger partial charge in [-0.15, -0.1) is 0 Å². The topological polar surface area (TPSA) is 64.1 Å². The van der Waals surface area contributed by atoms with Crippen LogP contribution in [0.5, 0.6) is 0 Å². The summed E-state index contributed by atoms with van der Waals surface area (Å²) in [5.41, 5.74) is 6.15. The molecule has 1 aliphatic rings. The van der Waals surface area contributed by atoms with Crippen molar-refractivity contribution < 1.29 is 5.11 Å². The van der Waals surface area contributed by atoms with Crippen LogP contribution in [-0.2, 0) is 13.5 Å². The Kier molecular flexibility index (Phi) is 1.89. The Labute approximate surface area is 77.4 Å². The van der Waals surface area contributed by atoms with Crippen molar-refractivity contribution in [1.29, 1.82) is 0 Å². The lowest BCUT2D eigenvalue weighted by molar-refractivity contribution is -0.0455. The standard InChI is InChI=1S/C9H15N3O/c1-12-6-7(5-11-12)2-9(13)3-8(10)4-9/h5-6,8,13H,2-4,10H2,1H3. The van der Waals surface area contributed by atoms with Crippen molar-refractivity contribution in [3.8, 4) is 0 Å². The van der Waals surface area contributed by atoms with E-state index in [0.29, 0.717) is 19.3 Å². The molecule has 0 aromatic carbocycles. The summed E-state index contributed by atoms with van der Waals surface area (Å²) in [4.78, 5) is 0. The average molecular weight is 181 g/mol. The third-order valence-electron chi connectivity index (χ3n) is 2.58. The van der Waals surface area contributed by atoms with E-state index in [-0.39, 0.29) is 6.04 Å². The van der Waals surface area contributed by atoms with E-state index in [1.165, 1.54) is 0 Å². The molecule has 4 heteroatoms. The average Bonchev–Trinajstić information content (AvgIpc) is 2.32. The Balaban J connectivity index is 1.99. The molecule has 1 heterocycles. The third-order valence-corrected chi connectivity index (χ3v) is 2.58. The van der Waals surface area contributed by atoms with Gasteiger partial charge in [-0.3, -0.25) is 4.68 Å². The zero-order valence-corrected chi connectivity index (χ0v) is 7.77. The zero-order valence-electron chi connectivity index (χ0n) is 7.77. The summed E-state index contributed by atoms with van der Waals surface area (Å²) >= 11 is 0. The first-order valence-corrected chi connectivity index (χ1v) is 4.53. The van der Waals surface area contributed by atoms with Gasteiger partial charge in [-0.25, -0.2) is 0 Å². The van der Waals surface area contributed by atoms with Crippen molar-refractivity contribution in [3.63, 3.8) is 0 Å². The van der Waals surface area contributed by atoms with Gasteiger partial charge in [0.2, 0.25) is 0 Å². The van der Waals surface area contributed by atoms with E-state index in [2.05, 4.69) is 5.10 Å². The highest BCUT2D eigenvalue weighted by atomic mass is 16.3. The van der Waals surface area contributed by atoms with E-state index in [0.717, 1.165) is 5.56 Å². The Morgan fingerprint density at radius 1 is 1.77 bits per heavy atom. The molecule has 72 valence electrons. The van der Waals surface area contributed by atoms with Gasteiger partial charge < -0.3 is 10.8 Å². The van der Waals surface area contributed by atoms with Crippen LogP contribution in [0.3, 0.4) is 0 Å². The lowest BCUT2D eigenvalue weighted by Gasteiger charge is -2.41. The van der Waals surface area contributed by atoms with E-state index < -0.39 is 5.60 Å². The molecule has 0 radical (unpaired) electrons. The molecule has 0 atom stereocenters. The number of nitrogens with zero attached hydrogens (tertiary/aromatic N) is 2. The van der Waals surface area contributed by atoms with Crippen LogP contribution in [0.1, 0.15) is 18.4 Å². The first-order valence-electron chi connectivity index (χ1n) is 4.53. The van der Waals surface area contributed by atoms with Gasteiger partial charge >= 0.3 is 0 Å². The molecule has 1 aliphatic carbocycles. The SMILES string of the molecule is Cn1cc(CC2(O)CC(N)C2)cn1. The largest absolute Gasteiger partial charge is 0.389 e. The summed E-state index contributed by atoms with van der Waals surface area (Å²) in [5, 5.41) is 14.0. The molecule has 0 spiro atoms. The van der Waals surface area contributed by atoms with E-state index >= 15 is 0 Å². The molecule has 0 amide bonds. The number of nitrogens with two attached hydrogens (primary N) is 1. The van der Waals surface area contributed by atoms with E-state index in [4.69, 9.17) is 5.73 Å². The number of rotatable bonds is 2. The number of aryl methyl sites for hydroxylation is 1. The fourth-order valence-corrected chi connectivity index (χ4v) is 2.00. The normalized spacial score (nSPS) is 33.0. The molecule has 13 heavy (non-hydrogen) atoms. The van der Waals surface area contributed by atoms with Crippen LogP contribution in [0.25, 0.3) is 0 Å². The Morgan fingerprint density at radius 3 is 2.92 bits per heavy atom. The van der Waals surface area contributed by atoms with Crippen LogP contribution in [0.4, 0.5) is 0 Å². The molecule has 1 aromatic rings. The summed E-state index contributed by atoms with van der Waals surface area (Å²) in [5.74, 6) is 0. The summed E-state index contributed by atoms with van der Waals surface area (Å²) < 4.78 is 1.75. The minimum Gasteiger partial charge on any atom is -0.389 e. The minimum absolute atomic E-state index is 0.182. The number of hydrogen-bond acceptors (Lipinski definition) is 3. The smallest absolute Gasteiger partial charge is 0.0718 e. The van der Waals surface area contributed by atoms with Crippen LogP contribution in [-0.4, -0.2) is 26.5 Å². The molecule has 0 saturated heterocycles. The van der Waals surface area contributed by atoms with E-state index in [9.17, 15) is 5.11 Å². The van der Waals surface area contributed by atoms with E-state index in [1.807, 2.05) is 13.2 Å². The summed E-state index contributed by atoms with van der Waals surface area (Å²) in [6.45, 7) is 0. The fraction of sp³-hybridized carbons (Fsp3) is 0.667. The van der Waals surface area contributed by atoms with Crippen molar-refractivity contribution in [3.05, 3.63) is 18.0 Å². The predicted molar refractivity (Wildman–Crippen MR) is 49.1 cm³/mol. The Morgan fingerprint density at radius 2 is 2.46 bits per heavy atom. The van der Waals surface area contributed by atoms with Crippen molar-refractivity contribution >= 4 is 0 Å². The van der Waals surface area contributed by atoms with Gasteiger partial charge in [0.05, 0.1) is 11.8 Å². The molecular formula is C9H15N3O. The maximum atomic E-state index is 9.93. The highest BCUT2D eigenvalue weighted by Crippen LogP contribution is 2.33. The quantitative estimate of drug-likeness (QED) is 0.665. The lowest BCUT2D eigenvalue weighted by atomic mass is 9.73. The molecule has 0 unspecified atom stereocenters. The van der Waals surface area contributed by atoms with Crippen molar-refractivity contribution in [2.75, 3.05) is 0 Å². The molecule has 3 N–H and O–H groups in total. The highest BCUT2D eigenvalue weighted by Gasteiger charge is 2.40. The van der Waals surface area contributed by atoms with Crippen LogP contribution >= 0.6 is 0 Å². The molecule has 0 aliphatic heterocycles. The first kappa shape index (κ1) is 8.72. The summed E-state index contributed by atoms with van der Waals surface area (Å²) in [7, 11) is 1.88. The maximum absolute atomic E-state index is 9.93. The van der Waals surface area contributed by atoms with Crippen LogP contribution in [0, 0.1) is 0 Å². The molecule has 4 nitrogen and oxygen atoms in total. The summed E-state index contributed by atoms with van der Waals surface area (Å²) in [6.07, 6.45) is 5.82. The van der Waals surface area contributed by atoms with Gasteiger partial charge in [-0.2, -0.15) is 5.10 Å². The summed E-state index contributed by atoms with van der Waals surface area (Å²) in [6, 6.07) is 0.182. The molecule has 0 bridgehead atoms. The molecule has 1 fully saturated rings. The minimum atomic E-state index is -0.567. The third kappa shape index (κ3) is 1.73. The van der Waals surface area contributed by atoms with Gasteiger partial charge in [-0.05, 0) is 18.4 Å². The second kappa shape index (κ2) is 2.82. The Hall–Kier alpha value is -0.870. The molecule has 1 saturated carbocycles. The first-order chi connectivity index (χ1) is 6.07. The van der Waals surface area contributed by atoms with Gasteiger partial charge in [-0.1, -0.05) is 0 Å². The number of hydrogen-bond donors (Lipinski definition) is 2. The van der Waals surface area contributed by atoms with Crippen LogP contribution in [0.15, 0.2) is 12.4 Å². The fourth-order valence-electron chi connectivity index (χ4n) is 2.00. The lowest BCUT2D eigenvalue weighted by Crippen LogP contribution is -2.52. The van der Waals surface area contributed by atoms with Crippen molar-refractivity contribution in [2.24, 2.45) is 12.8 Å². The van der Waals surface area contributed by atoms with Gasteiger partial charge in [0.1, 0.15) is 0 Å². The van der Waals surface area contributed by atoms with Crippen molar-refractivity contribution in [2.45, 2.75) is 30.9 Å². The van der Waals surface area contributed by atoms with E-state index in [1.54, 1.807) is 10.9 Å².